The molecule has 2 unspecified atom stereocenters. The van der Waals surface area contributed by atoms with E-state index in [-0.39, 0.29) is 11.9 Å². The number of likely N-dealkylation sites (N-methyl/N-ethyl adjacent to an activating group) is 1. The van der Waals surface area contributed by atoms with Crippen LogP contribution in [0.15, 0.2) is 17.5 Å². The Hall–Kier alpha value is -0.430. The Labute approximate surface area is 131 Å². The molecule has 1 saturated carbocycles. The monoisotopic (exact) mass is 329 g/mol. The predicted molar refractivity (Wildman–Crippen MR) is 85.1 cm³/mol. The number of nitrogens with zero attached hydrogens (tertiary/aromatic N) is 1. The molecule has 0 N–H and O–H groups in total. The molecule has 2 aliphatic rings. The molecule has 3 rings (SSSR count). The molecule has 0 radical (unpaired) electrons. The van der Waals surface area contributed by atoms with Gasteiger partial charge in [-0.3, -0.25) is 0 Å². The first kappa shape index (κ1) is 15.5. The molecule has 1 aromatic rings. The molecule has 0 amide bonds. The highest BCUT2D eigenvalue weighted by molar-refractivity contribution is 7.89. The van der Waals surface area contributed by atoms with Crippen LogP contribution in [-0.2, 0) is 21.2 Å². The van der Waals surface area contributed by atoms with Crippen LogP contribution in [0, 0.1) is 5.92 Å². The summed E-state index contributed by atoms with van der Waals surface area (Å²) in [5.41, 5.74) is 0. The van der Waals surface area contributed by atoms with E-state index in [1.807, 2.05) is 17.5 Å². The van der Waals surface area contributed by atoms with Crippen LogP contribution in [0.2, 0.25) is 0 Å². The standard InChI is InChI=1S/C15H23NO3S2/c1-16(9-8-14-3-2-10-20-14)21(17,18)11-13-6-7-15(19-13)12-4-5-12/h2-3,10,12-13,15H,4-9,11H2,1H3. The molecule has 4 nitrogen and oxygen atoms in total. The Kier molecular flexibility index (Phi) is 4.69. The maximum Gasteiger partial charge on any atom is 0.216 e. The maximum atomic E-state index is 12.4. The first-order valence-electron chi connectivity index (χ1n) is 7.66. The van der Waals surface area contributed by atoms with Gasteiger partial charge < -0.3 is 4.74 Å². The molecule has 2 atom stereocenters. The zero-order valence-electron chi connectivity index (χ0n) is 12.4. The fraction of sp³-hybridized carbons (Fsp3) is 0.733. The maximum absolute atomic E-state index is 12.4. The Morgan fingerprint density at radius 3 is 2.81 bits per heavy atom. The van der Waals surface area contributed by atoms with Crippen molar-refractivity contribution in [3.63, 3.8) is 0 Å². The number of ether oxygens (including phenoxy) is 1. The molecule has 2 heterocycles. The first-order chi connectivity index (χ1) is 10.0. The average Bonchev–Trinajstić information content (AvgIpc) is 2.98. The van der Waals surface area contributed by atoms with Gasteiger partial charge in [-0.25, -0.2) is 12.7 Å². The lowest BCUT2D eigenvalue weighted by molar-refractivity contribution is 0.0441. The summed E-state index contributed by atoms with van der Waals surface area (Å²) in [5.74, 6) is 0.839. The molecule has 0 aromatic carbocycles. The van der Waals surface area contributed by atoms with Gasteiger partial charge in [0.15, 0.2) is 0 Å². The smallest absolute Gasteiger partial charge is 0.216 e. The van der Waals surface area contributed by atoms with Gasteiger partial charge in [-0.05, 0) is 49.5 Å². The van der Waals surface area contributed by atoms with Crippen LogP contribution in [0.4, 0.5) is 0 Å². The summed E-state index contributed by atoms with van der Waals surface area (Å²) in [6.07, 6.45) is 5.42. The second-order valence-corrected chi connectivity index (χ2v) is 9.29. The molecule has 1 saturated heterocycles. The Morgan fingerprint density at radius 1 is 1.33 bits per heavy atom. The molecular weight excluding hydrogens is 306 g/mol. The third-order valence-electron chi connectivity index (χ3n) is 4.41. The summed E-state index contributed by atoms with van der Waals surface area (Å²) in [5, 5.41) is 2.02. The van der Waals surface area contributed by atoms with Gasteiger partial charge in [0.2, 0.25) is 10.0 Å². The topological polar surface area (TPSA) is 46.6 Å². The van der Waals surface area contributed by atoms with E-state index in [0.717, 1.165) is 19.3 Å². The van der Waals surface area contributed by atoms with Gasteiger partial charge in [-0.1, -0.05) is 6.07 Å². The highest BCUT2D eigenvalue weighted by atomic mass is 32.2. The van der Waals surface area contributed by atoms with Crippen LogP contribution < -0.4 is 0 Å². The molecule has 0 spiro atoms. The molecule has 21 heavy (non-hydrogen) atoms. The van der Waals surface area contributed by atoms with Crippen molar-refractivity contribution in [3.05, 3.63) is 22.4 Å². The molecule has 0 bridgehead atoms. The predicted octanol–water partition coefficient (Wildman–Crippen LogP) is 2.51. The van der Waals surface area contributed by atoms with Gasteiger partial charge in [-0.2, -0.15) is 0 Å². The highest BCUT2D eigenvalue weighted by Gasteiger charge is 2.39. The van der Waals surface area contributed by atoms with Gasteiger partial charge in [-0.15, -0.1) is 11.3 Å². The van der Waals surface area contributed by atoms with Crippen molar-refractivity contribution in [2.75, 3.05) is 19.3 Å². The van der Waals surface area contributed by atoms with Gasteiger partial charge in [0.25, 0.3) is 0 Å². The summed E-state index contributed by atoms with van der Waals surface area (Å²) >= 11 is 1.67. The Morgan fingerprint density at radius 2 is 2.14 bits per heavy atom. The summed E-state index contributed by atoms with van der Waals surface area (Å²) in [6, 6.07) is 4.05. The minimum atomic E-state index is -3.21. The van der Waals surface area contributed by atoms with E-state index in [2.05, 4.69) is 0 Å². The van der Waals surface area contributed by atoms with E-state index in [1.165, 1.54) is 22.0 Å². The molecule has 1 aliphatic heterocycles. The van der Waals surface area contributed by atoms with Crippen LogP contribution in [0.1, 0.15) is 30.6 Å². The second kappa shape index (κ2) is 6.36. The van der Waals surface area contributed by atoms with Crippen LogP contribution in [0.25, 0.3) is 0 Å². The normalized spacial score (nSPS) is 26.6. The molecule has 2 fully saturated rings. The van der Waals surface area contributed by atoms with Crippen molar-refractivity contribution in [1.82, 2.24) is 4.31 Å². The van der Waals surface area contributed by atoms with Crippen molar-refractivity contribution in [3.8, 4) is 0 Å². The van der Waals surface area contributed by atoms with E-state index in [1.54, 1.807) is 18.4 Å². The fourth-order valence-corrected chi connectivity index (χ4v) is 4.93. The fourth-order valence-electron chi connectivity index (χ4n) is 2.89. The van der Waals surface area contributed by atoms with Crippen LogP contribution in [-0.4, -0.2) is 44.3 Å². The lowest BCUT2D eigenvalue weighted by Crippen LogP contribution is -2.35. The minimum absolute atomic E-state index is 0.107. The number of hydrogen-bond donors (Lipinski definition) is 0. The summed E-state index contributed by atoms with van der Waals surface area (Å²) in [4.78, 5) is 1.22. The van der Waals surface area contributed by atoms with Crippen molar-refractivity contribution in [2.45, 2.75) is 44.3 Å². The second-order valence-electron chi connectivity index (χ2n) is 6.14. The largest absolute Gasteiger partial charge is 0.374 e. The molecular formula is C15H23NO3S2. The zero-order chi connectivity index (χ0) is 14.9. The average molecular weight is 329 g/mol. The van der Waals surface area contributed by atoms with Crippen LogP contribution in [0.3, 0.4) is 0 Å². The van der Waals surface area contributed by atoms with E-state index in [9.17, 15) is 8.42 Å². The van der Waals surface area contributed by atoms with Crippen molar-refractivity contribution >= 4 is 21.4 Å². The van der Waals surface area contributed by atoms with E-state index in [4.69, 9.17) is 4.74 Å². The van der Waals surface area contributed by atoms with Gasteiger partial charge in [0.05, 0.1) is 18.0 Å². The SMILES string of the molecule is CN(CCc1cccs1)S(=O)(=O)CC1CCC(C2CC2)O1. The number of hydrogen-bond acceptors (Lipinski definition) is 4. The minimum Gasteiger partial charge on any atom is -0.374 e. The Balaban J connectivity index is 1.48. The van der Waals surface area contributed by atoms with Crippen molar-refractivity contribution in [2.24, 2.45) is 5.92 Å². The number of sulfonamides is 1. The number of thiophene rings is 1. The van der Waals surface area contributed by atoms with E-state index < -0.39 is 10.0 Å². The summed E-state index contributed by atoms with van der Waals surface area (Å²) < 4.78 is 32.2. The summed E-state index contributed by atoms with van der Waals surface area (Å²) in [6.45, 7) is 0.543. The third kappa shape index (κ3) is 4.06. The summed E-state index contributed by atoms with van der Waals surface area (Å²) in [7, 11) is -1.54. The lowest BCUT2D eigenvalue weighted by atomic mass is 10.1. The van der Waals surface area contributed by atoms with E-state index in [0.29, 0.717) is 18.6 Å². The zero-order valence-corrected chi connectivity index (χ0v) is 14.0. The molecule has 1 aromatic heterocycles. The van der Waals surface area contributed by atoms with Gasteiger partial charge >= 0.3 is 0 Å². The quantitative estimate of drug-likeness (QED) is 0.772. The Bertz CT molecular complexity index is 551. The first-order valence-corrected chi connectivity index (χ1v) is 10.2. The highest BCUT2D eigenvalue weighted by Crippen LogP contribution is 2.40. The van der Waals surface area contributed by atoms with Crippen LogP contribution >= 0.6 is 11.3 Å². The molecule has 1 aliphatic carbocycles. The van der Waals surface area contributed by atoms with Crippen molar-refractivity contribution < 1.29 is 13.2 Å². The van der Waals surface area contributed by atoms with Crippen molar-refractivity contribution in [1.29, 1.82) is 0 Å². The third-order valence-corrected chi connectivity index (χ3v) is 7.27. The van der Waals surface area contributed by atoms with Crippen LogP contribution in [0.5, 0.6) is 0 Å². The van der Waals surface area contributed by atoms with Gasteiger partial charge in [0.1, 0.15) is 0 Å². The van der Waals surface area contributed by atoms with Gasteiger partial charge in [0, 0.05) is 18.5 Å². The molecule has 118 valence electrons. The molecule has 6 heteroatoms. The number of rotatable bonds is 7. The lowest BCUT2D eigenvalue weighted by Gasteiger charge is -2.20. The van der Waals surface area contributed by atoms with E-state index >= 15 is 0 Å².